The van der Waals surface area contributed by atoms with Crippen molar-refractivity contribution in [2.45, 2.75) is 19.9 Å². The summed E-state index contributed by atoms with van der Waals surface area (Å²) >= 11 is 0. The molecule has 0 aromatic heterocycles. The fraction of sp³-hybridized carbons (Fsp3) is 0.294. The van der Waals surface area contributed by atoms with E-state index in [1.54, 1.807) is 7.11 Å². The zero-order valence-corrected chi connectivity index (χ0v) is 11.9. The van der Waals surface area contributed by atoms with Gasteiger partial charge in [0.2, 0.25) is 0 Å². The van der Waals surface area contributed by atoms with Gasteiger partial charge in [0, 0.05) is 6.54 Å². The van der Waals surface area contributed by atoms with E-state index in [2.05, 4.69) is 48.6 Å². The van der Waals surface area contributed by atoms with Crippen molar-refractivity contribution in [2.24, 2.45) is 0 Å². The van der Waals surface area contributed by atoms with Gasteiger partial charge < -0.3 is 10.1 Å². The highest BCUT2D eigenvalue weighted by molar-refractivity contribution is 5.68. The molecule has 100 valence electrons. The van der Waals surface area contributed by atoms with Gasteiger partial charge in [0.15, 0.2) is 0 Å². The van der Waals surface area contributed by atoms with Gasteiger partial charge in [-0.2, -0.15) is 0 Å². The average molecular weight is 255 g/mol. The molecule has 2 nitrogen and oxygen atoms in total. The van der Waals surface area contributed by atoms with Crippen LogP contribution in [0.1, 0.15) is 18.1 Å². The maximum atomic E-state index is 5.30. The minimum Gasteiger partial charge on any atom is -0.497 e. The molecule has 0 bridgehead atoms. The molecule has 0 aliphatic carbocycles. The fourth-order valence-electron chi connectivity index (χ4n) is 2.24. The van der Waals surface area contributed by atoms with Crippen molar-refractivity contribution in [3.05, 3.63) is 53.6 Å². The minimum atomic E-state index is 0.835. The van der Waals surface area contributed by atoms with E-state index in [1.807, 2.05) is 13.1 Å². The molecule has 0 aliphatic heterocycles. The quantitative estimate of drug-likeness (QED) is 0.880. The average Bonchev–Trinajstić information content (AvgIpc) is 2.47. The van der Waals surface area contributed by atoms with Crippen LogP contribution >= 0.6 is 0 Å². The summed E-state index contributed by atoms with van der Waals surface area (Å²) < 4.78 is 5.30. The Bertz CT molecular complexity index is 531. The summed E-state index contributed by atoms with van der Waals surface area (Å²) in [6.45, 7) is 3.01. The Hall–Kier alpha value is -1.80. The lowest BCUT2D eigenvalue weighted by Crippen LogP contribution is -2.06. The fourth-order valence-corrected chi connectivity index (χ4v) is 2.24. The first-order chi connectivity index (χ1) is 9.28. The topological polar surface area (TPSA) is 21.3 Å². The predicted octanol–water partition coefficient (Wildman–Crippen LogP) is 3.64. The highest BCUT2D eigenvalue weighted by Gasteiger charge is 2.06. The summed E-state index contributed by atoms with van der Waals surface area (Å²) in [6.07, 6.45) is 1.08. The lowest BCUT2D eigenvalue weighted by molar-refractivity contribution is 0.414. The zero-order chi connectivity index (χ0) is 13.7. The number of methoxy groups -OCH3 is 1. The second-order valence-corrected chi connectivity index (χ2v) is 4.60. The van der Waals surface area contributed by atoms with Crippen LogP contribution in [0.2, 0.25) is 0 Å². The summed E-state index contributed by atoms with van der Waals surface area (Å²) in [5, 5.41) is 3.21. The molecule has 0 aliphatic rings. The van der Waals surface area contributed by atoms with Crippen LogP contribution in [-0.2, 0) is 13.0 Å². The summed E-state index contributed by atoms with van der Waals surface area (Å²) in [7, 11) is 3.66. The number of hydrogen-bond acceptors (Lipinski definition) is 2. The summed E-state index contributed by atoms with van der Waals surface area (Å²) in [5.74, 6) is 0.902. The normalized spacial score (nSPS) is 10.5. The molecule has 2 rings (SSSR count). The third-order valence-electron chi connectivity index (χ3n) is 3.35. The molecule has 0 spiro atoms. The highest BCUT2D eigenvalue weighted by atomic mass is 16.5. The minimum absolute atomic E-state index is 0.835. The Morgan fingerprint density at radius 2 is 1.79 bits per heavy atom. The molecular formula is C17H21NO. The first-order valence-electron chi connectivity index (χ1n) is 6.69. The van der Waals surface area contributed by atoms with E-state index in [4.69, 9.17) is 4.74 Å². The molecule has 0 saturated carbocycles. The van der Waals surface area contributed by atoms with E-state index >= 15 is 0 Å². The van der Waals surface area contributed by atoms with Crippen LogP contribution in [0.4, 0.5) is 0 Å². The van der Waals surface area contributed by atoms with Gasteiger partial charge in [-0.15, -0.1) is 0 Å². The SMILES string of the molecule is CCc1ccc(-c2ccc(OC)cc2CNC)cc1. The van der Waals surface area contributed by atoms with Crippen molar-refractivity contribution in [1.82, 2.24) is 5.32 Å². The third-order valence-corrected chi connectivity index (χ3v) is 3.35. The monoisotopic (exact) mass is 255 g/mol. The van der Waals surface area contributed by atoms with Gasteiger partial charge in [-0.3, -0.25) is 0 Å². The van der Waals surface area contributed by atoms with Crippen LogP contribution < -0.4 is 10.1 Å². The van der Waals surface area contributed by atoms with Crippen LogP contribution in [-0.4, -0.2) is 14.2 Å². The van der Waals surface area contributed by atoms with Crippen LogP contribution in [0.15, 0.2) is 42.5 Å². The number of hydrogen-bond donors (Lipinski definition) is 1. The second-order valence-electron chi connectivity index (χ2n) is 4.60. The van der Waals surface area contributed by atoms with E-state index in [0.29, 0.717) is 0 Å². The smallest absolute Gasteiger partial charge is 0.119 e. The molecule has 2 aromatic rings. The van der Waals surface area contributed by atoms with E-state index in [9.17, 15) is 0 Å². The van der Waals surface area contributed by atoms with E-state index in [1.165, 1.54) is 22.3 Å². The lowest BCUT2D eigenvalue weighted by Gasteiger charge is -2.12. The van der Waals surface area contributed by atoms with Crippen molar-refractivity contribution < 1.29 is 4.74 Å². The second kappa shape index (κ2) is 6.39. The Kier molecular flexibility index (Phi) is 4.58. The Morgan fingerprint density at radius 1 is 1.05 bits per heavy atom. The molecular weight excluding hydrogens is 234 g/mol. The molecule has 0 fully saturated rings. The van der Waals surface area contributed by atoms with Gasteiger partial charge in [-0.25, -0.2) is 0 Å². The van der Waals surface area contributed by atoms with Crippen LogP contribution in [0.25, 0.3) is 11.1 Å². The van der Waals surface area contributed by atoms with Crippen molar-refractivity contribution in [3.63, 3.8) is 0 Å². The largest absolute Gasteiger partial charge is 0.497 e. The van der Waals surface area contributed by atoms with Gasteiger partial charge in [0.25, 0.3) is 0 Å². The zero-order valence-electron chi connectivity index (χ0n) is 11.9. The molecule has 0 unspecified atom stereocenters. The number of benzene rings is 2. The van der Waals surface area contributed by atoms with Gasteiger partial charge in [0.05, 0.1) is 7.11 Å². The van der Waals surface area contributed by atoms with Crippen LogP contribution in [0.5, 0.6) is 5.75 Å². The van der Waals surface area contributed by atoms with Crippen molar-refractivity contribution in [1.29, 1.82) is 0 Å². The molecule has 0 atom stereocenters. The summed E-state index contributed by atoms with van der Waals surface area (Å²) in [6, 6.07) is 15.0. The van der Waals surface area contributed by atoms with Gasteiger partial charge in [0.1, 0.15) is 5.75 Å². The molecule has 0 heterocycles. The first-order valence-corrected chi connectivity index (χ1v) is 6.69. The standard InChI is InChI=1S/C17H21NO/c1-4-13-5-7-14(8-6-13)17-10-9-16(19-3)11-15(17)12-18-2/h5-11,18H,4,12H2,1-3H3. The Balaban J connectivity index is 2.41. The lowest BCUT2D eigenvalue weighted by atomic mass is 9.98. The van der Waals surface area contributed by atoms with Gasteiger partial charge >= 0.3 is 0 Å². The van der Waals surface area contributed by atoms with Crippen molar-refractivity contribution >= 4 is 0 Å². The maximum absolute atomic E-state index is 5.30. The first kappa shape index (κ1) is 13.6. The molecule has 2 aromatic carbocycles. The van der Waals surface area contributed by atoms with Crippen molar-refractivity contribution in [2.75, 3.05) is 14.2 Å². The van der Waals surface area contributed by atoms with Crippen LogP contribution in [0.3, 0.4) is 0 Å². The summed E-state index contributed by atoms with van der Waals surface area (Å²) in [4.78, 5) is 0. The molecule has 19 heavy (non-hydrogen) atoms. The molecule has 2 heteroatoms. The third kappa shape index (κ3) is 3.15. The van der Waals surface area contributed by atoms with Crippen LogP contribution in [0, 0.1) is 0 Å². The van der Waals surface area contributed by atoms with E-state index in [0.717, 1.165) is 18.7 Å². The maximum Gasteiger partial charge on any atom is 0.119 e. The number of ether oxygens (including phenoxy) is 1. The molecule has 0 amide bonds. The Labute approximate surface area is 115 Å². The summed E-state index contributed by atoms with van der Waals surface area (Å²) in [5.41, 5.74) is 5.14. The van der Waals surface area contributed by atoms with Gasteiger partial charge in [-0.05, 0) is 47.9 Å². The van der Waals surface area contributed by atoms with E-state index < -0.39 is 0 Å². The van der Waals surface area contributed by atoms with Gasteiger partial charge in [-0.1, -0.05) is 37.3 Å². The van der Waals surface area contributed by atoms with E-state index in [-0.39, 0.29) is 0 Å². The number of aryl methyl sites for hydroxylation is 1. The molecule has 0 radical (unpaired) electrons. The predicted molar refractivity (Wildman–Crippen MR) is 80.6 cm³/mol. The van der Waals surface area contributed by atoms with Crippen molar-refractivity contribution in [3.8, 4) is 16.9 Å². The number of nitrogens with one attached hydrogen (secondary N) is 1. The molecule has 0 saturated heterocycles. The molecule has 1 N–H and O–H groups in total. The highest BCUT2D eigenvalue weighted by Crippen LogP contribution is 2.27. The number of rotatable bonds is 5. The Morgan fingerprint density at radius 3 is 2.37 bits per heavy atom.